The summed E-state index contributed by atoms with van der Waals surface area (Å²) in [6, 6.07) is 19.0. The zero-order chi connectivity index (χ0) is 19.1. The van der Waals surface area contributed by atoms with Crippen molar-refractivity contribution in [2.24, 2.45) is 5.10 Å². The van der Waals surface area contributed by atoms with Crippen molar-refractivity contribution >= 4 is 28.2 Å². The Labute approximate surface area is 165 Å². The topological polar surface area (TPSA) is 70.4 Å². The Bertz CT molecular complexity index is 1240. The number of hydrogen-bond donors (Lipinski definition) is 2. The van der Waals surface area contributed by atoms with Gasteiger partial charge >= 0.3 is 0 Å². The van der Waals surface area contributed by atoms with E-state index in [0.717, 1.165) is 27.8 Å². The van der Waals surface area contributed by atoms with Crippen molar-refractivity contribution in [2.75, 3.05) is 0 Å². The van der Waals surface area contributed by atoms with Gasteiger partial charge in [0, 0.05) is 27.9 Å². The number of furan rings is 1. The number of fused-ring (bicyclic) bond motifs is 1. The predicted molar refractivity (Wildman–Crippen MR) is 111 cm³/mol. The molecule has 2 aromatic heterocycles. The van der Waals surface area contributed by atoms with Gasteiger partial charge in [0.25, 0.3) is 5.56 Å². The van der Waals surface area contributed by atoms with Gasteiger partial charge in [-0.25, -0.2) is 0 Å². The van der Waals surface area contributed by atoms with Crippen LogP contribution in [0.2, 0.25) is 5.02 Å². The van der Waals surface area contributed by atoms with Gasteiger partial charge in [0.2, 0.25) is 0 Å². The molecule has 138 valence electrons. The van der Waals surface area contributed by atoms with Crippen molar-refractivity contribution in [2.45, 2.75) is 12.5 Å². The first kappa shape index (κ1) is 16.8. The third-order valence-corrected chi connectivity index (χ3v) is 5.20. The summed E-state index contributed by atoms with van der Waals surface area (Å²) >= 11 is 6.27. The second-order valence-electron chi connectivity index (χ2n) is 6.72. The van der Waals surface area contributed by atoms with Crippen LogP contribution in [-0.2, 0) is 0 Å². The third-order valence-electron chi connectivity index (χ3n) is 4.97. The number of benzene rings is 2. The van der Waals surface area contributed by atoms with E-state index in [-0.39, 0.29) is 11.6 Å². The second-order valence-corrected chi connectivity index (χ2v) is 7.16. The quantitative estimate of drug-likeness (QED) is 0.524. The summed E-state index contributed by atoms with van der Waals surface area (Å²) in [5.41, 5.74) is 6.69. The maximum atomic E-state index is 13.1. The van der Waals surface area contributed by atoms with Gasteiger partial charge in [0.1, 0.15) is 11.8 Å². The highest BCUT2D eigenvalue weighted by molar-refractivity contribution is 6.31. The number of nitrogens with zero attached hydrogens (tertiary/aromatic N) is 1. The molecule has 2 aromatic carbocycles. The van der Waals surface area contributed by atoms with E-state index >= 15 is 0 Å². The molecule has 0 amide bonds. The molecular formula is C22H16ClN3O2. The van der Waals surface area contributed by atoms with Crippen LogP contribution >= 0.6 is 11.6 Å². The van der Waals surface area contributed by atoms with Crippen LogP contribution in [0.25, 0.3) is 22.0 Å². The number of hydrogen-bond acceptors (Lipinski definition) is 4. The normalized spacial score (nSPS) is 16.2. The zero-order valence-electron chi connectivity index (χ0n) is 14.8. The van der Waals surface area contributed by atoms with Crippen LogP contribution < -0.4 is 11.0 Å². The third kappa shape index (κ3) is 2.80. The lowest BCUT2D eigenvalue weighted by molar-refractivity contribution is 0.440. The van der Waals surface area contributed by atoms with E-state index in [0.29, 0.717) is 22.7 Å². The Kier molecular flexibility index (Phi) is 4.02. The van der Waals surface area contributed by atoms with Crippen molar-refractivity contribution < 1.29 is 4.42 Å². The van der Waals surface area contributed by atoms with E-state index in [1.54, 1.807) is 12.3 Å². The van der Waals surface area contributed by atoms with Crippen LogP contribution in [0.4, 0.5) is 0 Å². The van der Waals surface area contributed by atoms with Gasteiger partial charge < -0.3 is 9.40 Å². The highest BCUT2D eigenvalue weighted by Crippen LogP contribution is 2.34. The first-order valence-electron chi connectivity index (χ1n) is 8.97. The van der Waals surface area contributed by atoms with E-state index in [1.807, 2.05) is 54.6 Å². The smallest absolute Gasteiger partial charge is 0.258 e. The Hall–Kier alpha value is -3.31. The number of nitrogens with one attached hydrogen (secondary N) is 2. The maximum absolute atomic E-state index is 13.1. The average Bonchev–Trinajstić information content (AvgIpc) is 3.40. The number of rotatable bonds is 3. The molecule has 0 saturated heterocycles. The molecule has 0 bridgehead atoms. The van der Waals surface area contributed by atoms with E-state index < -0.39 is 0 Å². The number of hydrazone groups is 1. The molecule has 3 heterocycles. The fourth-order valence-electron chi connectivity index (χ4n) is 3.70. The molecule has 5 nitrogen and oxygen atoms in total. The molecule has 1 atom stereocenters. The number of pyridine rings is 1. The van der Waals surface area contributed by atoms with E-state index in [1.165, 1.54) is 0 Å². The van der Waals surface area contributed by atoms with Crippen LogP contribution in [0, 0.1) is 0 Å². The summed E-state index contributed by atoms with van der Waals surface area (Å²) in [5, 5.41) is 5.97. The Balaban J connectivity index is 1.73. The molecule has 1 unspecified atom stereocenters. The van der Waals surface area contributed by atoms with Crippen molar-refractivity contribution in [1.82, 2.24) is 10.4 Å². The maximum Gasteiger partial charge on any atom is 0.258 e. The van der Waals surface area contributed by atoms with Crippen molar-refractivity contribution in [3.8, 4) is 11.1 Å². The highest BCUT2D eigenvalue weighted by Gasteiger charge is 2.28. The summed E-state index contributed by atoms with van der Waals surface area (Å²) < 4.78 is 5.49. The average molecular weight is 390 g/mol. The van der Waals surface area contributed by atoms with Crippen LogP contribution in [0.15, 0.2) is 81.2 Å². The fraction of sp³-hybridized carbons (Fsp3) is 0.0909. The van der Waals surface area contributed by atoms with Gasteiger partial charge in [-0.15, -0.1) is 0 Å². The van der Waals surface area contributed by atoms with Crippen LogP contribution in [0.1, 0.15) is 23.8 Å². The van der Waals surface area contributed by atoms with E-state index in [9.17, 15) is 4.79 Å². The first-order chi connectivity index (χ1) is 13.7. The Morgan fingerprint density at radius 3 is 2.68 bits per heavy atom. The van der Waals surface area contributed by atoms with Gasteiger partial charge in [-0.3, -0.25) is 10.2 Å². The standard InChI is InChI=1S/C22H16ClN3O2/c23-14-8-9-16-15(11-14)20(13-5-2-1-3-6-13)21(22(27)24-16)18-12-17(25-26-18)19-7-4-10-28-19/h1-11,17,25H,12H2,(H,24,27). The van der Waals surface area contributed by atoms with Gasteiger partial charge in [-0.05, 0) is 35.9 Å². The summed E-state index contributed by atoms with van der Waals surface area (Å²) in [6.45, 7) is 0. The Morgan fingerprint density at radius 1 is 1.04 bits per heavy atom. The first-order valence-corrected chi connectivity index (χ1v) is 9.35. The number of halogens is 1. The second kappa shape index (κ2) is 6.69. The molecule has 0 fully saturated rings. The molecule has 0 saturated carbocycles. The minimum Gasteiger partial charge on any atom is -0.467 e. The number of aromatic amines is 1. The van der Waals surface area contributed by atoms with Crippen LogP contribution in [0.3, 0.4) is 0 Å². The van der Waals surface area contributed by atoms with Crippen molar-refractivity contribution in [1.29, 1.82) is 0 Å². The summed E-state index contributed by atoms with van der Waals surface area (Å²) in [4.78, 5) is 16.0. The molecular weight excluding hydrogens is 374 g/mol. The molecule has 1 aliphatic rings. The molecule has 1 aliphatic heterocycles. The molecule has 5 rings (SSSR count). The van der Waals surface area contributed by atoms with E-state index in [4.69, 9.17) is 16.0 Å². The molecule has 28 heavy (non-hydrogen) atoms. The monoisotopic (exact) mass is 389 g/mol. The van der Waals surface area contributed by atoms with Crippen LogP contribution in [-0.4, -0.2) is 10.7 Å². The molecule has 0 spiro atoms. The molecule has 0 aliphatic carbocycles. The fourth-order valence-corrected chi connectivity index (χ4v) is 3.87. The largest absolute Gasteiger partial charge is 0.467 e. The SMILES string of the molecule is O=c1[nH]c2ccc(Cl)cc2c(-c2ccccc2)c1C1=NNC(c2ccco2)C1. The lowest BCUT2D eigenvalue weighted by atomic mass is 9.92. The Morgan fingerprint density at radius 2 is 1.89 bits per heavy atom. The van der Waals surface area contributed by atoms with Gasteiger partial charge in [-0.2, -0.15) is 5.10 Å². The minimum absolute atomic E-state index is 0.0944. The highest BCUT2D eigenvalue weighted by atomic mass is 35.5. The lowest BCUT2D eigenvalue weighted by Crippen LogP contribution is -2.19. The molecule has 0 radical (unpaired) electrons. The van der Waals surface area contributed by atoms with Gasteiger partial charge in [-0.1, -0.05) is 41.9 Å². The number of H-pyrrole nitrogens is 1. The van der Waals surface area contributed by atoms with Gasteiger partial charge in [0.05, 0.1) is 17.5 Å². The van der Waals surface area contributed by atoms with Gasteiger partial charge in [0.15, 0.2) is 0 Å². The predicted octanol–water partition coefficient (Wildman–Crippen LogP) is 4.88. The van der Waals surface area contributed by atoms with Crippen molar-refractivity contribution in [3.05, 3.63) is 93.6 Å². The van der Waals surface area contributed by atoms with Crippen LogP contribution in [0.5, 0.6) is 0 Å². The molecule has 6 heteroatoms. The van der Waals surface area contributed by atoms with E-state index in [2.05, 4.69) is 15.5 Å². The lowest BCUT2D eigenvalue weighted by Gasteiger charge is -2.13. The molecule has 2 N–H and O–H groups in total. The summed E-state index contributed by atoms with van der Waals surface area (Å²) in [6.07, 6.45) is 2.19. The minimum atomic E-state index is -0.172. The summed E-state index contributed by atoms with van der Waals surface area (Å²) in [5.74, 6) is 0.792. The summed E-state index contributed by atoms with van der Waals surface area (Å²) in [7, 11) is 0. The number of aromatic nitrogens is 1. The molecule has 4 aromatic rings. The van der Waals surface area contributed by atoms with Crippen molar-refractivity contribution in [3.63, 3.8) is 0 Å². The zero-order valence-corrected chi connectivity index (χ0v) is 15.5.